The molecule has 0 unspecified atom stereocenters. The predicted molar refractivity (Wildman–Crippen MR) is 166 cm³/mol. The summed E-state index contributed by atoms with van der Waals surface area (Å²) >= 11 is 0. The number of nitrogens with two attached hydrogens (primary N) is 1. The Morgan fingerprint density at radius 1 is 0.930 bits per heavy atom. The van der Waals surface area contributed by atoms with Gasteiger partial charge in [-0.1, -0.05) is 54.6 Å². The zero-order chi connectivity index (χ0) is 29.8. The molecule has 0 spiro atoms. The Morgan fingerprint density at radius 2 is 1.72 bits per heavy atom. The molecule has 43 heavy (non-hydrogen) atoms. The van der Waals surface area contributed by atoms with Crippen molar-refractivity contribution in [1.29, 1.82) is 0 Å². The summed E-state index contributed by atoms with van der Waals surface area (Å²) < 4.78 is 36.9. The zero-order valence-corrected chi connectivity index (χ0v) is 24.0. The van der Waals surface area contributed by atoms with E-state index in [4.69, 9.17) is 15.7 Å². The Labute approximate surface area is 248 Å². The van der Waals surface area contributed by atoms with Crippen molar-refractivity contribution in [2.24, 2.45) is 0 Å². The van der Waals surface area contributed by atoms with Gasteiger partial charge in [-0.15, -0.1) is 0 Å². The van der Waals surface area contributed by atoms with E-state index in [0.29, 0.717) is 29.9 Å². The molecule has 6 aromatic rings. The highest BCUT2D eigenvalue weighted by Crippen LogP contribution is 2.38. The topological polar surface area (TPSA) is 144 Å². The molecule has 0 amide bonds. The largest absolute Gasteiger partial charge is 0.390 e. The molecule has 1 aliphatic rings. The van der Waals surface area contributed by atoms with Gasteiger partial charge in [-0.25, -0.2) is 15.0 Å². The van der Waals surface area contributed by atoms with Crippen molar-refractivity contribution >= 4 is 32.4 Å². The number of nitrogens with zero attached hydrogens (tertiary/aromatic N) is 4. The maximum atomic E-state index is 12.5. The highest BCUT2D eigenvalue weighted by atomic mass is 32.2. The molecule has 0 saturated heterocycles. The summed E-state index contributed by atoms with van der Waals surface area (Å²) in [6.07, 6.45) is 6.83. The van der Waals surface area contributed by atoms with Gasteiger partial charge in [-0.2, -0.15) is 8.42 Å². The van der Waals surface area contributed by atoms with E-state index >= 15 is 0 Å². The van der Waals surface area contributed by atoms with Crippen LogP contribution in [-0.4, -0.2) is 43.0 Å². The first kappa shape index (κ1) is 27.2. The number of aryl methyl sites for hydroxylation is 1. The van der Waals surface area contributed by atoms with Gasteiger partial charge in [0.05, 0.1) is 16.8 Å². The molecular formula is C33H29N5O4S. The smallest absolute Gasteiger partial charge is 0.295 e. The van der Waals surface area contributed by atoms with Crippen LogP contribution >= 0.6 is 0 Å². The van der Waals surface area contributed by atoms with Crippen LogP contribution in [0.3, 0.4) is 0 Å². The van der Waals surface area contributed by atoms with Gasteiger partial charge in [0.2, 0.25) is 0 Å². The summed E-state index contributed by atoms with van der Waals surface area (Å²) in [7, 11) is -4.59. The van der Waals surface area contributed by atoms with Crippen LogP contribution in [0, 0.1) is 0 Å². The van der Waals surface area contributed by atoms with Crippen molar-refractivity contribution < 1.29 is 18.1 Å². The molecule has 3 aromatic carbocycles. The monoisotopic (exact) mass is 591 g/mol. The Morgan fingerprint density at radius 3 is 2.47 bits per heavy atom. The average Bonchev–Trinajstić information content (AvgIpc) is 3.39. The first-order valence-corrected chi connectivity index (χ1v) is 15.5. The number of nitrogen functional groups attached to an aromatic ring is 1. The van der Waals surface area contributed by atoms with Gasteiger partial charge in [0.1, 0.15) is 27.7 Å². The first-order chi connectivity index (χ1) is 20.7. The second-order valence-corrected chi connectivity index (χ2v) is 12.6. The SMILES string of the molecule is Nc1nccn2c(-c3cc(CCC4(O)CCC4)ccc3S(=O)(=O)O)nc(-c3ccc4ccc(-c5ccccc5)nc4c3)c12. The lowest BCUT2D eigenvalue weighted by Crippen LogP contribution is -2.37. The molecule has 0 radical (unpaired) electrons. The van der Waals surface area contributed by atoms with Gasteiger partial charge in [0.15, 0.2) is 0 Å². The molecule has 1 fully saturated rings. The van der Waals surface area contributed by atoms with E-state index in [1.165, 1.54) is 12.3 Å². The number of pyridine rings is 1. The van der Waals surface area contributed by atoms with Crippen molar-refractivity contribution in [2.75, 3.05) is 5.73 Å². The number of rotatable bonds is 7. The van der Waals surface area contributed by atoms with Gasteiger partial charge < -0.3 is 10.8 Å². The Hall–Kier alpha value is -4.64. The minimum absolute atomic E-state index is 0.221. The number of fused-ring (bicyclic) bond motifs is 2. The normalized spacial score (nSPS) is 14.7. The third-order valence-electron chi connectivity index (χ3n) is 8.34. The number of aliphatic hydroxyl groups is 1. The molecule has 1 saturated carbocycles. The zero-order valence-electron chi connectivity index (χ0n) is 23.2. The second-order valence-electron chi connectivity index (χ2n) is 11.2. The lowest BCUT2D eigenvalue weighted by atomic mass is 9.76. The van der Waals surface area contributed by atoms with Crippen molar-refractivity contribution in [2.45, 2.75) is 42.6 Å². The molecule has 0 bridgehead atoms. The van der Waals surface area contributed by atoms with Gasteiger partial charge in [-0.05, 0) is 61.9 Å². The number of aromatic nitrogens is 4. The van der Waals surface area contributed by atoms with Crippen molar-refractivity contribution in [3.8, 4) is 33.9 Å². The summed E-state index contributed by atoms with van der Waals surface area (Å²) in [6.45, 7) is 0. The molecule has 216 valence electrons. The summed E-state index contributed by atoms with van der Waals surface area (Å²) in [5, 5.41) is 11.6. The van der Waals surface area contributed by atoms with Crippen molar-refractivity contribution in [3.05, 3.63) is 96.8 Å². The molecule has 9 nitrogen and oxygen atoms in total. The highest BCUT2D eigenvalue weighted by molar-refractivity contribution is 7.86. The fourth-order valence-corrected chi connectivity index (χ4v) is 6.50. The first-order valence-electron chi connectivity index (χ1n) is 14.1. The summed E-state index contributed by atoms with van der Waals surface area (Å²) in [4.78, 5) is 13.8. The lowest BCUT2D eigenvalue weighted by molar-refractivity contribution is -0.0397. The van der Waals surface area contributed by atoms with E-state index in [2.05, 4.69) is 4.98 Å². The van der Waals surface area contributed by atoms with E-state index in [1.54, 1.807) is 22.7 Å². The van der Waals surface area contributed by atoms with E-state index in [1.807, 2.05) is 60.7 Å². The second kappa shape index (κ2) is 10.3. The molecule has 3 heterocycles. The molecule has 0 aliphatic heterocycles. The average molecular weight is 592 g/mol. The van der Waals surface area contributed by atoms with Gasteiger partial charge >= 0.3 is 0 Å². The van der Waals surface area contributed by atoms with Crippen LogP contribution in [-0.2, 0) is 16.5 Å². The van der Waals surface area contributed by atoms with Crippen LogP contribution in [0.1, 0.15) is 31.2 Å². The fourth-order valence-electron chi connectivity index (χ4n) is 5.83. The number of imidazole rings is 1. The summed E-state index contributed by atoms with van der Waals surface area (Å²) in [5.41, 5.74) is 11.1. The third-order valence-corrected chi connectivity index (χ3v) is 9.26. The molecule has 3 aromatic heterocycles. The number of benzene rings is 3. The summed E-state index contributed by atoms with van der Waals surface area (Å²) in [5.74, 6) is 0.515. The van der Waals surface area contributed by atoms with Crippen LogP contribution in [0.2, 0.25) is 0 Å². The minimum atomic E-state index is -4.59. The number of hydrogen-bond acceptors (Lipinski definition) is 7. The Bertz CT molecular complexity index is 2120. The van der Waals surface area contributed by atoms with Gasteiger partial charge in [0.25, 0.3) is 10.1 Å². The van der Waals surface area contributed by atoms with Gasteiger partial charge in [-0.3, -0.25) is 8.95 Å². The number of hydrogen-bond donors (Lipinski definition) is 3. The van der Waals surface area contributed by atoms with Crippen LogP contribution in [0.15, 0.2) is 96.2 Å². The Balaban J connectivity index is 1.39. The lowest BCUT2D eigenvalue weighted by Gasteiger charge is -2.36. The quantitative estimate of drug-likeness (QED) is 0.193. The molecule has 0 atom stereocenters. The van der Waals surface area contributed by atoms with Crippen molar-refractivity contribution in [3.63, 3.8) is 0 Å². The number of anilines is 1. The van der Waals surface area contributed by atoms with Crippen LogP contribution in [0.4, 0.5) is 5.82 Å². The van der Waals surface area contributed by atoms with Crippen molar-refractivity contribution in [1.82, 2.24) is 19.4 Å². The molecule has 7 rings (SSSR count). The van der Waals surface area contributed by atoms with E-state index in [-0.39, 0.29) is 16.3 Å². The maximum Gasteiger partial charge on any atom is 0.295 e. The van der Waals surface area contributed by atoms with Crippen LogP contribution in [0.5, 0.6) is 0 Å². The molecule has 1 aliphatic carbocycles. The fraction of sp³-hybridized carbons (Fsp3) is 0.182. The standard InChI is InChI=1S/C33H29N5O4S/c34-31-30-29(24-9-8-23-10-11-26(36-27(23)20-24)22-5-2-1-3-6-22)37-32(38(30)18-17-35-31)25-19-21(7-12-28(25)43(40,41)42)13-16-33(39)14-4-15-33/h1-3,5-12,17-20,39H,4,13-16H2,(H2,34,35)(H,40,41,42). The van der Waals surface area contributed by atoms with E-state index in [9.17, 15) is 18.1 Å². The van der Waals surface area contributed by atoms with Crippen LogP contribution < -0.4 is 5.73 Å². The van der Waals surface area contributed by atoms with Crippen LogP contribution in [0.25, 0.3) is 50.3 Å². The molecule has 10 heteroatoms. The Kier molecular flexibility index (Phi) is 6.50. The summed E-state index contributed by atoms with van der Waals surface area (Å²) in [6, 6.07) is 24.5. The highest BCUT2D eigenvalue weighted by Gasteiger charge is 2.34. The van der Waals surface area contributed by atoms with E-state index < -0.39 is 15.7 Å². The minimum Gasteiger partial charge on any atom is -0.390 e. The van der Waals surface area contributed by atoms with Gasteiger partial charge in [0, 0.05) is 34.5 Å². The predicted octanol–water partition coefficient (Wildman–Crippen LogP) is 5.96. The third kappa shape index (κ3) is 5.03. The molecular weight excluding hydrogens is 562 g/mol. The maximum absolute atomic E-state index is 12.5. The molecule has 4 N–H and O–H groups in total. The van der Waals surface area contributed by atoms with E-state index in [0.717, 1.165) is 52.5 Å².